The van der Waals surface area contributed by atoms with Gasteiger partial charge >= 0.3 is 0 Å². The number of rotatable bonds is 3. The lowest BCUT2D eigenvalue weighted by atomic mass is 10.1. The fourth-order valence-electron chi connectivity index (χ4n) is 3.61. The number of aliphatic hydroxyl groups excluding tert-OH is 1. The average molecular weight is 320 g/mol. The Balaban J connectivity index is 1.69. The Bertz CT molecular complexity index is 562. The Hall–Kier alpha value is -1.57. The van der Waals surface area contributed by atoms with Crippen molar-refractivity contribution in [2.75, 3.05) is 33.4 Å². The van der Waals surface area contributed by atoms with Gasteiger partial charge in [0.1, 0.15) is 6.33 Å². The van der Waals surface area contributed by atoms with Crippen molar-refractivity contribution in [2.24, 2.45) is 0 Å². The van der Waals surface area contributed by atoms with Crippen molar-refractivity contribution in [1.82, 2.24) is 19.8 Å². The zero-order chi connectivity index (χ0) is 16.4. The molecule has 126 valence electrons. The minimum atomic E-state index is -0.535. The number of aromatic nitrogens is 2. The van der Waals surface area contributed by atoms with Crippen molar-refractivity contribution in [1.29, 1.82) is 0 Å². The number of aliphatic hydroxyl groups is 1. The molecule has 0 bridgehead atoms. The van der Waals surface area contributed by atoms with Gasteiger partial charge in [0, 0.05) is 32.4 Å². The largest absolute Gasteiger partial charge is 0.389 e. The zero-order valence-electron chi connectivity index (χ0n) is 13.7. The molecule has 1 aliphatic heterocycles. The van der Waals surface area contributed by atoms with Crippen molar-refractivity contribution < 1.29 is 14.6 Å². The summed E-state index contributed by atoms with van der Waals surface area (Å²) in [5, 5.41) is 10.7. The second-order valence-electron chi connectivity index (χ2n) is 6.29. The van der Waals surface area contributed by atoms with Gasteiger partial charge in [-0.3, -0.25) is 9.69 Å². The molecule has 23 heavy (non-hydrogen) atoms. The minimum Gasteiger partial charge on any atom is -0.389 e. The third-order valence-corrected chi connectivity index (χ3v) is 5.02. The van der Waals surface area contributed by atoms with Gasteiger partial charge in [-0.05, 0) is 19.8 Å². The Morgan fingerprint density at radius 3 is 2.83 bits per heavy atom. The van der Waals surface area contributed by atoms with E-state index in [-0.39, 0.29) is 18.0 Å². The van der Waals surface area contributed by atoms with Gasteiger partial charge < -0.3 is 14.7 Å². The van der Waals surface area contributed by atoms with E-state index in [1.54, 1.807) is 25.1 Å². The molecule has 2 heterocycles. The molecular weight excluding hydrogens is 296 g/mol. The van der Waals surface area contributed by atoms with E-state index >= 15 is 0 Å². The highest BCUT2D eigenvalue weighted by Crippen LogP contribution is 2.29. The highest BCUT2D eigenvalue weighted by Gasteiger charge is 2.42. The van der Waals surface area contributed by atoms with E-state index in [4.69, 9.17) is 4.74 Å². The number of amides is 1. The van der Waals surface area contributed by atoms with Crippen LogP contribution in [0.5, 0.6) is 0 Å². The maximum atomic E-state index is 12.7. The SMILES string of the molecule is Cc1ncncc1C(=O)N(C)[C@@H]1CC[C@@H](N2CCOCC2)[C@@H]1O. The third-order valence-electron chi connectivity index (χ3n) is 5.02. The molecule has 3 rings (SSSR count). The molecule has 7 nitrogen and oxygen atoms in total. The van der Waals surface area contributed by atoms with Crippen LogP contribution in [0.15, 0.2) is 12.5 Å². The Labute approximate surface area is 136 Å². The van der Waals surface area contributed by atoms with Crippen LogP contribution in [-0.2, 0) is 4.74 Å². The molecule has 1 aromatic rings. The van der Waals surface area contributed by atoms with E-state index in [1.807, 2.05) is 0 Å². The summed E-state index contributed by atoms with van der Waals surface area (Å²) in [6.45, 7) is 4.91. The van der Waals surface area contributed by atoms with E-state index in [0.717, 1.165) is 25.9 Å². The summed E-state index contributed by atoms with van der Waals surface area (Å²) in [5.41, 5.74) is 1.16. The summed E-state index contributed by atoms with van der Waals surface area (Å²) in [6, 6.07) is -0.0674. The summed E-state index contributed by atoms with van der Waals surface area (Å²) in [6.07, 6.45) is 4.14. The number of carbonyl (C=O) groups excluding carboxylic acids is 1. The highest BCUT2D eigenvalue weighted by molar-refractivity contribution is 5.95. The Morgan fingerprint density at radius 1 is 1.39 bits per heavy atom. The summed E-state index contributed by atoms with van der Waals surface area (Å²) < 4.78 is 5.38. The fourth-order valence-corrected chi connectivity index (χ4v) is 3.61. The van der Waals surface area contributed by atoms with Crippen molar-refractivity contribution in [3.8, 4) is 0 Å². The second kappa shape index (κ2) is 6.90. The number of aryl methyl sites for hydroxylation is 1. The smallest absolute Gasteiger partial charge is 0.257 e. The topological polar surface area (TPSA) is 78.8 Å². The zero-order valence-corrected chi connectivity index (χ0v) is 13.7. The predicted molar refractivity (Wildman–Crippen MR) is 84.1 cm³/mol. The molecule has 0 aromatic carbocycles. The third kappa shape index (κ3) is 3.22. The number of hydrogen-bond acceptors (Lipinski definition) is 6. The molecule has 3 atom stereocenters. The van der Waals surface area contributed by atoms with E-state index in [9.17, 15) is 9.90 Å². The van der Waals surface area contributed by atoms with Crippen LogP contribution in [0.2, 0.25) is 0 Å². The predicted octanol–water partition coefficient (Wildman–Crippen LogP) is 0.0811. The molecule has 1 N–H and O–H groups in total. The second-order valence-corrected chi connectivity index (χ2v) is 6.29. The number of nitrogens with zero attached hydrogens (tertiary/aromatic N) is 4. The lowest BCUT2D eigenvalue weighted by Gasteiger charge is -2.36. The number of carbonyl (C=O) groups is 1. The fraction of sp³-hybridized carbons (Fsp3) is 0.688. The van der Waals surface area contributed by atoms with Gasteiger partial charge in [0.25, 0.3) is 5.91 Å². The van der Waals surface area contributed by atoms with Gasteiger partial charge in [0.2, 0.25) is 0 Å². The Kier molecular flexibility index (Phi) is 4.89. The summed E-state index contributed by atoms with van der Waals surface area (Å²) in [7, 11) is 1.75. The van der Waals surface area contributed by atoms with Crippen LogP contribution in [-0.4, -0.2) is 82.3 Å². The molecule has 7 heteroatoms. The summed E-state index contributed by atoms with van der Waals surface area (Å²) in [5.74, 6) is -0.130. The van der Waals surface area contributed by atoms with Crippen LogP contribution in [0.25, 0.3) is 0 Å². The summed E-state index contributed by atoms with van der Waals surface area (Å²) >= 11 is 0. The number of ether oxygens (including phenoxy) is 1. The van der Waals surface area contributed by atoms with E-state index in [2.05, 4.69) is 14.9 Å². The van der Waals surface area contributed by atoms with Gasteiger partial charge in [0.05, 0.1) is 36.6 Å². The van der Waals surface area contributed by atoms with Gasteiger partial charge in [-0.1, -0.05) is 0 Å². The monoisotopic (exact) mass is 320 g/mol. The van der Waals surface area contributed by atoms with Crippen molar-refractivity contribution in [3.63, 3.8) is 0 Å². The van der Waals surface area contributed by atoms with Crippen LogP contribution >= 0.6 is 0 Å². The van der Waals surface area contributed by atoms with E-state index in [1.165, 1.54) is 6.33 Å². The molecule has 2 fully saturated rings. The number of likely N-dealkylation sites (N-methyl/N-ethyl adjacent to an activating group) is 1. The summed E-state index contributed by atoms with van der Waals surface area (Å²) in [4.78, 5) is 24.6. The molecule has 0 unspecified atom stereocenters. The van der Waals surface area contributed by atoms with Crippen LogP contribution < -0.4 is 0 Å². The number of morpholine rings is 1. The molecule has 1 aliphatic carbocycles. The first kappa shape index (κ1) is 16.3. The Morgan fingerprint density at radius 2 is 2.13 bits per heavy atom. The molecule has 1 aromatic heterocycles. The average Bonchev–Trinajstić information content (AvgIpc) is 2.96. The van der Waals surface area contributed by atoms with E-state index in [0.29, 0.717) is 24.5 Å². The quantitative estimate of drug-likeness (QED) is 0.850. The van der Waals surface area contributed by atoms with Gasteiger partial charge in [-0.2, -0.15) is 0 Å². The standard InChI is InChI=1S/C16H24N4O3/c1-11-12(9-17-10-18-11)16(22)19(2)13-3-4-14(15(13)21)20-5-7-23-8-6-20/h9-10,13-15,21H,3-8H2,1-2H3/t13-,14-,15-/m1/s1. The van der Waals surface area contributed by atoms with E-state index < -0.39 is 6.10 Å². The molecule has 1 saturated carbocycles. The lowest BCUT2D eigenvalue weighted by Crippen LogP contribution is -2.51. The first-order valence-corrected chi connectivity index (χ1v) is 8.13. The van der Waals surface area contributed by atoms with Gasteiger partial charge in [-0.25, -0.2) is 9.97 Å². The number of hydrogen-bond donors (Lipinski definition) is 1. The van der Waals surface area contributed by atoms with Crippen molar-refractivity contribution in [3.05, 3.63) is 23.8 Å². The molecule has 2 aliphatic rings. The van der Waals surface area contributed by atoms with Gasteiger partial charge in [0.15, 0.2) is 0 Å². The molecule has 0 spiro atoms. The first-order valence-electron chi connectivity index (χ1n) is 8.13. The lowest BCUT2D eigenvalue weighted by molar-refractivity contribution is -0.0231. The molecule has 0 radical (unpaired) electrons. The first-order chi connectivity index (χ1) is 11.1. The maximum Gasteiger partial charge on any atom is 0.257 e. The highest BCUT2D eigenvalue weighted by atomic mass is 16.5. The maximum absolute atomic E-state index is 12.7. The molecular formula is C16H24N4O3. The molecule has 1 amide bonds. The van der Waals surface area contributed by atoms with Crippen LogP contribution in [0.4, 0.5) is 0 Å². The van der Waals surface area contributed by atoms with Gasteiger partial charge in [-0.15, -0.1) is 0 Å². The van der Waals surface area contributed by atoms with Crippen LogP contribution in [0.3, 0.4) is 0 Å². The van der Waals surface area contributed by atoms with Crippen molar-refractivity contribution in [2.45, 2.75) is 38.0 Å². The normalized spacial score (nSPS) is 28.7. The molecule has 1 saturated heterocycles. The minimum absolute atomic E-state index is 0.104. The van der Waals surface area contributed by atoms with Crippen LogP contribution in [0, 0.1) is 6.92 Å². The van der Waals surface area contributed by atoms with Crippen LogP contribution in [0.1, 0.15) is 28.9 Å². The van der Waals surface area contributed by atoms with Crippen molar-refractivity contribution >= 4 is 5.91 Å².